The van der Waals surface area contributed by atoms with Crippen LogP contribution in [-0.2, 0) is 29.0 Å². The predicted molar refractivity (Wildman–Crippen MR) is 108 cm³/mol. The molecule has 29 heavy (non-hydrogen) atoms. The molecule has 1 heterocycles. The van der Waals surface area contributed by atoms with Crippen molar-refractivity contribution >= 4 is 11.8 Å². The van der Waals surface area contributed by atoms with Crippen molar-refractivity contribution in [1.82, 2.24) is 10.2 Å². The minimum Gasteiger partial charge on any atom is -0.497 e. The molecule has 2 amide bonds. The topological polar surface area (TPSA) is 77.1 Å². The maximum absolute atomic E-state index is 12.6. The van der Waals surface area contributed by atoms with Crippen LogP contribution in [0.4, 0.5) is 0 Å². The fourth-order valence-corrected chi connectivity index (χ4v) is 3.42. The fraction of sp³-hybridized carbons (Fsp3) is 0.364. The van der Waals surface area contributed by atoms with Crippen LogP contribution in [0.3, 0.4) is 0 Å². The Bertz CT molecular complexity index is 897. The standard InChI is InChI=1S/C22H26N2O5/c1-27-18-6-4-5-15(11-18)7-9-23-21(25)22(26)24-10-8-16-12-19(28-2)20(29-3)13-17(16)14-24/h4-6,11-13H,7-10,14H2,1-3H3,(H,23,25). The number of rotatable bonds is 6. The van der Waals surface area contributed by atoms with Crippen LogP contribution in [0.5, 0.6) is 17.2 Å². The summed E-state index contributed by atoms with van der Waals surface area (Å²) in [5.41, 5.74) is 3.10. The van der Waals surface area contributed by atoms with Crippen molar-refractivity contribution in [2.45, 2.75) is 19.4 Å². The maximum atomic E-state index is 12.6. The molecule has 0 atom stereocenters. The molecule has 2 aromatic carbocycles. The maximum Gasteiger partial charge on any atom is 0.312 e. The third-order valence-electron chi connectivity index (χ3n) is 5.03. The zero-order chi connectivity index (χ0) is 20.8. The number of amides is 2. The molecule has 0 fully saturated rings. The molecule has 2 aromatic rings. The van der Waals surface area contributed by atoms with Crippen molar-refractivity contribution in [3.63, 3.8) is 0 Å². The van der Waals surface area contributed by atoms with Crippen LogP contribution in [0.2, 0.25) is 0 Å². The average molecular weight is 398 g/mol. The van der Waals surface area contributed by atoms with Crippen LogP contribution >= 0.6 is 0 Å². The highest BCUT2D eigenvalue weighted by Crippen LogP contribution is 2.33. The number of fused-ring (bicyclic) bond motifs is 1. The second-order valence-corrected chi connectivity index (χ2v) is 6.81. The van der Waals surface area contributed by atoms with Crippen molar-refractivity contribution in [3.8, 4) is 17.2 Å². The van der Waals surface area contributed by atoms with Crippen molar-refractivity contribution in [2.24, 2.45) is 0 Å². The molecular formula is C22H26N2O5. The van der Waals surface area contributed by atoms with E-state index < -0.39 is 11.8 Å². The number of carbonyl (C=O) groups excluding carboxylic acids is 2. The summed E-state index contributed by atoms with van der Waals surface area (Å²) in [7, 11) is 4.78. The monoisotopic (exact) mass is 398 g/mol. The van der Waals surface area contributed by atoms with Crippen molar-refractivity contribution in [1.29, 1.82) is 0 Å². The lowest BCUT2D eigenvalue weighted by Gasteiger charge is -2.29. The molecule has 0 aromatic heterocycles. The molecule has 0 saturated heterocycles. The van der Waals surface area contributed by atoms with Crippen LogP contribution < -0.4 is 19.5 Å². The van der Waals surface area contributed by atoms with Gasteiger partial charge >= 0.3 is 11.8 Å². The second kappa shape index (κ2) is 9.32. The predicted octanol–water partition coefficient (Wildman–Crippen LogP) is 1.96. The Morgan fingerprint density at radius 3 is 2.41 bits per heavy atom. The molecule has 3 rings (SSSR count). The largest absolute Gasteiger partial charge is 0.497 e. The molecule has 1 aliphatic heterocycles. The summed E-state index contributed by atoms with van der Waals surface area (Å²) in [6, 6.07) is 11.4. The molecule has 154 valence electrons. The minimum atomic E-state index is -0.586. The van der Waals surface area contributed by atoms with E-state index in [1.807, 2.05) is 36.4 Å². The molecule has 0 bridgehead atoms. The van der Waals surface area contributed by atoms with E-state index in [1.165, 1.54) is 0 Å². The Morgan fingerprint density at radius 1 is 1.00 bits per heavy atom. The lowest BCUT2D eigenvalue weighted by molar-refractivity contribution is -0.146. The first-order valence-corrected chi connectivity index (χ1v) is 9.49. The molecule has 1 aliphatic rings. The summed E-state index contributed by atoms with van der Waals surface area (Å²) in [5, 5.41) is 2.71. The molecular weight excluding hydrogens is 372 g/mol. The first-order chi connectivity index (χ1) is 14.0. The van der Waals surface area contributed by atoms with Crippen molar-refractivity contribution < 1.29 is 23.8 Å². The summed E-state index contributed by atoms with van der Waals surface area (Å²) in [4.78, 5) is 26.5. The first-order valence-electron chi connectivity index (χ1n) is 9.49. The zero-order valence-electron chi connectivity index (χ0n) is 17.0. The summed E-state index contributed by atoms with van der Waals surface area (Å²) in [6.45, 7) is 1.25. The first kappa shape index (κ1) is 20.5. The molecule has 7 nitrogen and oxygen atoms in total. The smallest absolute Gasteiger partial charge is 0.312 e. The number of hydrogen-bond acceptors (Lipinski definition) is 5. The van der Waals surface area contributed by atoms with E-state index >= 15 is 0 Å². The van der Waals surface area contributed by atoms with Gasteiger partial charge < -0.3 is 24.4 Å². The van der Waals surface area contributed by atoms with Gasteiger partial charge in [0.2, 0.25) is 0 Å². The molecule has 0 radical (unpaired) electrons. The van der Waals surface area contributed by atoms with E-state index in [-0.39, 0.29) is 0 Å². The van der Waals surface area contributed by atoms with E-state index in [4.69, 9.17) is 14.2 Å². The minimum absolute atomic E-state index is 0.373. The van der Waals surface area contributed by atoms with Gasteiger partial charge in [0.15, 0.2) is 11.5 Å². The van der Waals surface area contributed by atoms with E-state index in [0.717, 1.165) is 22.4 Å². The molecule has 1 N–H and O–H groups in total. The highest BCUT2D eigenvalue weighted by molar-refractivity contribution is 6.35. The van der Waals surface area contributed by atoms with Gasteiger partial charge in [-0.15, -0.1) is 0 Å². The van der Waals surface area contributed by atoms with Gasteiger partial charge in [-0.3, -0.25) is 9.59 Å². The van der Waals surface area contributed by atoms with E-state index in [2.05, 4.69) is 5.32 Å². The molecule has 0 aliphatic carbocycles. The summed E-state index contributed by atoms with van der Waals surface area (Å²) in [6.07, 6.45) is 1.29. The van der Waals surface area contributed by atoms with Crippen molar-refractivity contribution in [2.75, 3.05) is 34.4 Å². The van der Waals surface area contributed by atoms with Crippen molar-refractivity contribution in [3.05, 3.63) is 53.1 Å². The number of nitrogens with zero attached hydrogens (tertiary/aromatic N) is 1. The van der Waals surface area contributed by atoms with Gasteiger partial charge in [0.25, 0.3) is 0 Å². The number of nitrogens with one attached hydrogen (secondary N) is 1. The Morgan fingerprint density at radius 2 is 1.72 bits per heavy atom. The van der Waals surface area contributed by atoms with Crippen LogP contribution in [0.1, 0.15) is 16.7 Å². The lowest BCUT2D eigenvalue weighted by Crippen LogP contribution is -2.45. The van der Waals surface area contributed by atoms with Crippen LogP contribution in [-0.4, -0.2) is 51.1 Å². The average Bonchev–Trinajstić information content (AvgIpc) is 2.77. The number of ether oxygens (including phenoxy) is 3. The normalized spacial score (nSPS) is 12.7. The summed E-state index contributed by atoms with van der Waals surface area (Å²) >= 11 is 0. The summed E-state index contributed by atoms with van der Waals surface area (Å²) in [5.74, 6) is 0.946. The molecule has 0 spiro atoms. The van der Waals surface area contributed by atoms with Gasteiger partial charge in [0, 0.05) is 19.6 Å². The van der Waals surface area contributed by atoms with Gasteiger partial charge in [-0.1, -0.05) is 12.1 Å². The quantitative estimate of drug-likeness (QED) is 0.753. The number of methoxy groups -OCH3 is 3. The SMILES string of the molecule is COc1cccc(CCNC(=O)C(=O)N2CCc3cc(OC)c(OC)cc3C2)c1. The highest BCUT2D eigenvalue weighted by atomic mass is 16.5. The third kappa shape index (κ3) is 4.80. The number of benzene rings is 2. The highest BCUT2D eigenvalue weighted by Gasteiger charge is 2.26. The van der Waals surface area contributed by atoms with E-state index in [0.29, 0.717) is 44.0 Å². The Kier molecular flexibility index (Phi) is 6.59. The fourth-order valence-electron chi connectivity index (χ4n) is 3.42. The molecule has 7 heteroatoms. The molecule has 0 unspecified atom stereocenters. The van der Waals surface area contributed by atoms with E-state index in [1.54, 1.807) is 26.2 Å². The Balaban J connectivity index is 1.57. The van der Waals surface area contributed by atoms with E-state index in [9.17, 15) is 9.59 Å². The number of carbonyl (C=O) groups is 2. The third-order valence-corrected chi connectivity index (χ3v) is 5.03. The van der Waals surface area contributed by atoms with Crippen LogP contribution in [0, 0.1) is 0 Å². The lowest BCUT2D eigenvalue weighted by atomic mass is 9.98. The number of hydrogen-bond donors (Lipinski definition) is 1. The van der Waals surface area contributed by atoms with Gasteiger partial charge in [-0.25, -0.2) is 0 Å². The van der Waals surface area contributed by atoms with Gasteiger partial charge in [0.1, 0.15) is 5.75 Å². The molecule has 0 saturated carbocycles. The van der Waals surface area contributed by atoms with Gasteiger partial charge in [0.05, 0.1) is 21.3 Å². The van der Waals surface area contributed by atoms with Crippen LogP contribution in [0.15, 0.2) is 36.4 Å². The Labute approximate surface area is 170 Å². The van der Waals surface area contributed by atoms with Crippen LogP contribution in [0.25, 0.3) is 0 Å². The van der Waals surface area contributed by atoms with Gasteiger partial charge in [-0.2, -0.15) is 0 Å². The Hall–Kier alpha value is -3.22. The zero-order valence-corrected chi connectivity index (χ0v) is 17.0. The summed E-state index contributed by atoms with van der Waals surface area (Å²) < 4.78 is 15.9. The van der Waals surface area contributed by atoms with Gasteiger partial charge in [-0.05, 0) is 53.8 Å². The second-order valence-electron chi connectivity index (χ2n) is 6.81.